The number of methoxy groups -OCH3 is 1. The van der Waals surface area contributed by atoms with Crippen LogP contribution in [0, 0.1) is 0 Å². The van der Waals surface area contributed by atoms with Gasteiger partial charge in [-0.1, -0.05) is 0 Å². The minimum atomic E-state index is -0.419. The molecule has 0 amide bonds. The highest BCUT2D eigenvalue weighted by Gasteiger charge is 2.29. The monoisotopic (exact) mass is 235 g/mol. The Hall–Kier alpha value is -1.78. The highest BCUT2D eigenvalue weighted by molar-refractivity contribution is 5.95. The first-order valence-corrected chi connectivity index (χ1v) is 5.77. The Bertz CT molecular complexity index is 430. The van der Waals surface area contributed by atoms with E-state index in [-0.39, 0.29) is 0 Å². The molecule has 0 radical (unpaired) electrons. The molecule has 5 nitrogen and oxygen atoms in total. The number of carbonyl (C=O) groups excluding carboxylic acids is 1. The number of hydrogen-bond acceptors (Lipinski definition) is 5. The Morgan fingerprint density at radius 3 is 2.88 bits per heavy atom. The molecular formula is C12H17N3O2. The topological polar surface area (TPSA) is 68.5 Å². The second kappa shape index (κ2) is 4.61. The summed E-state index contributed by atoms with van der Waals surface area (Å²) in [5, 5.41) is 0. The third kappa shape index (κ3) is 2.33. The molecule has 17 heavy (non-hydrogen) atoms. The van der Waals surface area contributed by atoms with Crippen LogP contribution >= 0.6 is 0 Å². The van der Waals surface area contributed by atoms with E-state index >= 15 is 0 Å². The number of carbonyl (C=O) groups is 1. The molecule has 5 heteroatoms. The molecule has 92 valence electrons. The molecule has 1 saturated carbocycles. The second-order valence-corrected chi connectivity index (χ2v) is 4.14. The zero-order valence-corrected chi connectivity index (χ0v) is 10.1. The maximum Gasteiger partial charge on any atom is 0.340 e. The molecule has 0 aromatic carbocycles. The number of hydrogen-bond donors (Lipinski definition) is 1. The summed E-state index contributed by atoms with van der Waals surface area (Å²) >= 11 is 0. The maximum absolute atomic E-state index is 11.5. The van der Waals surface area contributed by atoms with Crippen molar-refractivity contribution in [2.24, 2.45) is 0 Å². The standard InChI is InChI=1S/C12H17N3O2/c1-3-15(8-4-5-8)11-6-9(12(16)17-2)10(13)7-14-11/h6-8H,3-5,13H2,1-2H3. The van der Waals surface area contributed by atoms with Crippen molar-refractivity contribution in [3.8, 4) is 0 Å². The van der Waals surface area contributed by atoms with E-state index in [0.717, 1.165) is 12.4 Å². The van der Waals surface area contributed by atoms with Crippen LogP contribution in [0.25, 0.3) is 0 Å². The fourth-order valence-electron chi connectivity index (χ4n) is 1.89. The quantitative estimate of drug-likeness (QED) is 0.800. The highest BCUT2D eigenvalue weighted by Crippen LogP contribution is 2.31. The largest absolute Gasteiger partial charge is 0.465 e. The van der Waals surface area contributed by atoms with Crippen molar-refractivity contribution < 1.29 is 9.53 Å². The summed E-state index contributed by atoms with van der Waals surface area (Å²) in [7, 11) is 1.35. The molecule has 0 spiro atoms. The van der Waals surface area contributed by atoms with Crippen molar-refractivity contribution in [2.75, 3.05) is 24.3 Å². The van der Waals surface area contributed by atoms with Gasteiger partial charge in [0, 0.05) is 12.6 Å². The van der Waals surface area contributed by atoms with Crippen LogP contribution in [0.5, 0.6) is 0 Å². The van der Waals surface area contributed by atoms with Crippen molar-refractivity contribution in [1.82, 2.24) is 4.98 Å². The number of nitrogens with zero attached hydrogens (tertiary/aromatic N) is 2. The highest BCUT2D eigenvalue weighted by atomic mass is 16.5. The van der Waals surface area contributed by atoms with Gasteiger partial charge in [-0.3, -0.25) is 0 Å². The molecule has 2 N–H and O–H groups in total. The normalized spacial score (nSPS) is 14.5. The molecule has 2 rings (SSSR count). The predicted molar refractivity (Wildman–Crippen MR) is 66.0 cm³/mol. The van der Waals surface area contributed by atoms with Gasteiger partial charge in [0.1, 0.15) is 5.82 Å². The van der Waals surface area contributed by atoms with Crippen LogP contribution in [0.4, 0.5) is 11.5 Å². The van der Waals surface area contributed by atoms with E-state index in [4.69, 9.17) is 10.5 Å². The third-order valence-corrected chi connectivity index (χ3v) is 2.95. The first kappa shape index (κ1) is 11.7. The Labute approximate surface area is 101 Å². The van der Waals surface area contributed by atoms with Gasteiger partial charge in [0.05, 0.1) is 24.6 Å². The summed E-state index contributed by atoms with van der Waals surface area (Å²) in [6.45, 7) is 2.95. The van der Waals surface area contributed by atoms with Crippen LogP contribution < -0.4 is 10.6 Å². The van der Waals surface area contributed by atoms with E-state index in [1.165, 1.54) is 26.1 Å². The SMILES string of the molecule is CCN(c1cc(C(=O)OC)c(N)cn1)C1CC1. The minimum Gasteiger partial charge on any atom is -0.465 e. The number of nitrogen functional groups attached to an aromatic ring is 1. The molecule has 0 atom stereocenters. The minimum absolute atomic E-state index is 0.354. The number of anilines is 2. The van der Waals surface area contributed by atoms with Gasteiger partial charge < -0.3 is 15.4 Å². The fraction of sp³-hybridized carbons (Fsp3) is 0.500. The van der Waals surface area contributed by atoms with Crippen LogP contribution in [0.2, 0.25) is 0 Å². The predicted octanol–water partition coefficient (Wildman–Crippen LogP) is 1.44. The Morgan fingerprint density at radius 2 is 2.35 bits per heavy atom. The first-order valence-electron chi connectivity index (χ1n) is 5.77. The van der Waals surface area contributed by atoms with Crippen molar-refractivity contribution in [3.05, 3.63) is 17.8 Å². The number of nitrogens with two attached hydrogens (primary N) is 1. The molecular weight excluding hydrogens is 218 g/mol. The number of aromatic nitrogens is 1. The van der Waals surface area contributed by atoms with E-state index in [9.17, 15) is 4.79 Å². The molecule has 0 bridgehead atoms. The molecule has 1 aliphatic carbocycles. The molecule has 0 unspecified atom stereocenters. The van der Waals surface area contributed by atoms with Gasteiger partial charge in [-0.15, -0.1) is 0 Å². The fourth-order valence-corrected chi connectivity index (χ4v) is 1.89. The lowest BCUT2D eigenvalue weighted by molar-refractivity contribution is 0.0602. The number of esters is 1. The van der Waals surface area contributed by atoms with Crippen LogP contribution in [0.1, 0.15) is 30.1 Å². The zero-order valence-electron chi connectivity index (χ0n) is 10.1. The Morgan fingerprint density at radius 1 is 1.65 bits per heavy atom. The number of rotatable bonds is 4. The van der Waals surface area contributed by atoms with E-state index < -0.39 is 5.97 Å². The lowest BCUT2D eigenvalue weighted by Crippen LogP contribution is -2.26. The van der Waals surface area contributed by atoms with Crippen LogP contribution in [0.3, 0.4) is 0 Å². The van der Waals surface area contributed by atoms with Crippen LogP contribution in [-0.2, 0) is 4.74 Å². The van der Waals surface area contributed by atoms with Gasteiger partial charge in [-0.25, -0.2) is 9.78 Å². The number of pyridine rings is 1. The van der Waals surface area contributed by atoms with Gasteiger partial charge >= 0.3 is 5.97 Å². The van der Waals surface area contributed by atoms with Crippen molar-refractivity contribution in [1.29, 1.82) is 0 Å². The van der Waals surface area contributed by atoms with Gasteiger partial charge in [0.25, 0.3) is 0 Å². The average molecular weight is 235 g/mol. The molecule has 1 aromatic heterocycles. The maximum atomic E-state index is 11.5. The molecule has 0 aliphatic heterocycles. The first-order chi connectivity index (χ1) is 8.17. The molecule has 1 aromatic rings. The molecule has 1 fully saturated rings. The van der Waals surface area contributed by atoms with Crippen LogP contribution in [0.15, 0.2) is 12.3 Å². The smallest absolute Gasteiger partial charge is 0.340 e. The summed E-state index contributed by atoms with van der Waals surface area (Å²) in [6.07, 6.45) is 3.90. The van der Waals surface area contributed by atoms with Crippen molar-refractivity contribution in [2.45, 2.75) is 25.8 Å². The third-order valence-electron chi connectivity index (χ3n) is 2.95. The van der Waals surface area contributed by atoms with Crippen LogP contribution in [-0.4, -0.2) is 30.6 Å². The van der Waals surface area contributed by atoms with Crippen molar-refractivity contribution >= 4 is 17.5 Å². The summed E-state index contributed by atoms with van der Waals surface area (Å²) < 4.78 is 4.70. The Balaban J connectivity index is 2.32. The van der Waals surface area contributed by atoms with Gasteiger partial charge in [0.15, 0.2) is 0 Å². The average Bonchev–Trinajstić information content (AvgIpc) is 3.15. The van der Waals surface area contributed by atoms with E-state index in [1.54, 1.807) is 6.07 Å². The summed E-state index contributed by atoms with van der Waals surface area (Å²) in [6, 6.07) is 2.27. The summed E-state index contributed by atoms with van der Waals surface area (Å²) in [5.41, 5.74) is 6.46. The van der Waals surface area contributed by atoms with Gasteiger partial charge in [0.2, 0.25) is 0 Å². The molecule has 1 heterocycles. The van der Waals surface area contributed by atoms with Gasteiger partial charge in [-0.2, -0.15) is 0 Å². The van der Waals surface area contributed by atoms with E-state index in [0.29, 0.717) is 17.3 Å². The summed E-state index contributed by atoms with van der Waals surface area (Å²) in [5.74, 6) is 0.377. The lowest BCUT2D eigenvalue weighted by atomic mass is 10.2. The number of ether oxygens (including phenoxy) is 1. The van der Waals surface area contributed by atoms with Crippen molar-refractivity contribution in [3.63, 3.8) is 0 Å². The van der Waals surface area contributed by atoms with Gasteiger partial charge in [-0.05, 0) is 25.8 Å². The second-order valence-electron chi connectivity index (χ2n) is 4.14. The molecule has 1 aliphatic rings. The zero-order chi connectivity index (χ0) is 12.4. The van der Waals surface area contributed by atoms with E-state index in [1.807, 2.05) is 0 Å². The Kier molecular flexibility index (Phi) is 3.17. The van der Waals surface area contributed by atoms with E-state index in [2.05, 4.69) is 16.8 Å². The lowest BCUT2D eigenvalue weighted by Gasteiger charge is -2.22. The summed E-state index contributed by atoms with van der Waals surface area (Å²) in [4.78, 5) is 18.0. The molecule has 0 saturated heterocycles.